The van der Waals surface area contributed by atoms with Gasteiger partial charge in [-0.05, 0) is 49.8 Å². The van der Waals surface area contributed by atoms with E-state index < -0.39 is 0 Å². The van der Waals surface area contributed by atoms with E-state index >= 15 is 0 Å². The van der Waals surface area contributed by atoms with Crippen molar-refractivity contribution in [2.75, 3.05) is 41.7 Å². The number of rotatable bonds is 2. The van der Waals surface area contributed by atoms with Crippen LogP contribution in [-0.2, 0) is 0 Å². The Bertz CT molecular complexity index is 430. The van der Waals surface area contributed by atoms with Gasteiger partial charge in [0.25, 0.3) is 0 Å². The fourth-order valence-electron chi connectivity index (χ4n) is 3.25. The summed E-state index contributed by atoms with van der Waals surface area (Å²) in [4.78, 5) is 4.89. The highest BCUT2D eigenvalue weighted by molar-refractivity contribution is 5.73. The SMILES string of the molecule is CC1CCN(c2ccc(N3CCCC3)cc2N)CC1. The van der Waals surface area contributed by atoms with Crippen molar-refractivity contribution < 1.29 is 0 Å². The fraction of sp³-hybridized carbons (Fsp3) is 0.625. The van der Waals surface area contributed by atoms with Crippen LogP contribution in [0.4, 0.5) is 17.1 Å². The minimum absolute atomic E-state index is 0.862. The summed E-state index contributed by atoms with van der Waals surface area (Å²) in [5.74, 6) is 0.862. The first-order valence-corrected chi connectivity index (χ1v) is 7.63. The van der Waals surface area contributed by atoms with Crippen LogP contribution in [0.1, 0.15) is 32.6 Å². The highest BCUT2D eigenvalue weighted by Crippen LogP contribution is 2.32. The molecule has 2 aliphatic heterocycles. The molecule has 1 aromatic carbocycles. The van der Waals surface area contributed by atoms with Crippen molar-refractivity contribution in [3.05, 3.63) is 18.2 Å². The third-order valence-electron chi connectivity index (χ3n) is 4.61. The van der Waals surface area contributed by atoms with Crippen molar-refractivity contribution in [1.82, 2.24) is 0 Å². The molecule has 0 aromatic heterocycles. The minimum Gasteiger partial charge on any atom is -0.397 e. The summed E-state index contributed by atoms with van der Waals surface area (Å²) in [5, 5.41) is 0. The molecule has 0 atom stereocenters. The highest BCUT2D eigenvalue weighted by Gasteiger charge is 2.19. The Balaban J connectivity index is 1.75. The Morgan fingerprint density at radius 3 is 2.32 bits per heavy atom. The summed E-state index contributed by atoms with van der Waals surface area (Å²) in [7, 11) is 0. The summed E-state index contributed by atoms with van der Waals surface area (Å²) >= 11 is 0. The van der Waals surface area contributed by atoms with Gasteiger partial charge in [-0.15, -0.1) is 0 Å². The van der Waals surface area contributed by atoms with Crippen molar-refractivity contribution in [2.45, 2.75) is 32.6 Å². The van der Waals surface area contributed by atoms with Gasteiger partial charge in [0.1, 0.15) is 0 Å². The number of piperidine rings is 1. The van der Waals surface area contributed by atoms with Gasteiger partial charge in [-0.3, -0.25) is 0 Å². The maximum Gasteiger partial charge on any atom is 0.0601 e. The summed E-state index contributed by atoms with van der Waals surface area (Å²) in [5.41, 5.74) is 9.76. The van der Waals surface area contributed by atoms with Gasteiger partial charge < -0.3 is 15.5 Å². The van der Waals surface area contributed by atoms with E-state index in [0.29, 0.717) is 0 Å². The van der Waals surface area contributed by atoms with Gasteiger partial charge in [0.05, 0.1) is 11.4 Å². The lowest BCUT2D eigenvalue weighted by Crippen LogP contribution is -2.33. The zero-order chi connectivity index (χ0) is 13.2. The molecule has 2 aliphatic rings. The van der Waals surface area contributed by atoms with E-state index in [1.165, 1.54) is 50.1 Å². The molecule has 1 aromatic rings. The summed E-state index contributed by atoms with van der Waals surface area (Å²) in [6.07, 6.45) is 5.19. The number of anilines is 3. The molecular formula is C16H25N3. The topological polar surface area (TPSA) is 32.5 Å². The molecule has 2 fully saturated rings. The van der Waals surface area contributed by atoms with Gasteiger partial charge in [-0.25, -0.2) is 0 Å². The Labute approximate surface area is 116 Å². The van der Waals surface area contributed by atoms with Gasteiger partial charge in [0, 0.05) is 31.9 Å². The lowest BCUT2D eigenvalue weighted by Gasteiger charge is -2.33. The van der Waals surface area contributed by atoms with Crippen LogP contribution in [0.5, 0.6) is 0 Å². The molecule has 3 heteroatoms. The third kappa shape index (κ3) is 2.65. The van der Waals surface area contributed by atoms with Crippen LogP contribution >= 0.6 is 0 Å². The Morgan fingerprint density at radius 2 is 1.68 bits per heavy atom. The lowest BCUT2D eigenvalue weighted by molar-refractivity contribution is 0.439. The molecule has 0 aliphatic carbocycles. The highest BCUT2D eigenvalue weighted by atomic mass is 15.2. The molecule has 3 rings (SSSR count). The molecule has 0 unspecified atom stereocenters. The summed E-state index contributed by atoms with van der Waals surface area (Å²) < 4.78 is 0. The lowest BCUT2D eigenvalue weighted by atomic mass is 9.98. The van der Waals surface area contributed by atoms with Crippen LogP contribution in [0.15, 0.2) is 18.2 Å². The maximum atomic E-state index is 6.29. The largest absolute Gasteiger partial charge is 0.397 e. The van der Waals surface area contributed by atoms with Crippen molar-refractivity contribution >= 4 is 17.1 Å². The van der Waals surface area contributed by atoms with Crippen LogP contribution < -0.4 is 15.5 Å². The molecule has 0 saturated carbocycles. The van der Waals surface area contributed by atoms with Crippen molar-refractivity contribution in [2.24, 2.45) is 5.92 Å². The average Bonchev–Trinajstić information content (AvgIpc) is 2.94. The Kier molecular flexibility index (Phi) is 3.54. The first-order valence-electron chi connectivity index (χ1n) is 7.63. The van der Waals surface area contributed by atoms with E-state index in [2.05, 4.69) is 34.9 Å². The molecule has 2 saturated heterocycles. The number of hydrogen-bond donors (Lipinski definition) is 1. The molecule has 3 nitrogen and oxygen atoms in total. The standard InChI is InChI=1S/C16H25N3/c1-13-6-10-19(11-7-13)16-5-4-14(12-15(16)17)18-8-2-3-9-18/h4-5,12-13H,2-3,6-11,17H2,1H3. The predicted molar refractivity (Wildman–Crippen MR) is 82.9 cm³/mol. The number of nitrogens with zero attached hydrogens (tertiary/aromatic N) is 2. The molecule has 0 amide bonds. The van der Waals surface area contributed by atoms with E-state index in [1.54, 1.807) is 0 Å². The zero-order valence-electron chi connectivity index (χ0n) is 11.9. The first-order chi connectivity index (χ1) is 9.24. The Morgan fingerprint density at radius 1 is 1.00 bits per heavy atom. The monoisotopic (exact) mass is 259 g/mol. The second-order valence-electron chi connectivity index (χ2n) is 6.11. The van der Waals surface area contributed by atoms with Gasteiger partial charge in [0.15, 0.2) is 0 Å². The van der Waals surface area contributed by atoms with Crippen molar-refractivity contribution in [3.63, 3.8) is 0 Å². The molecular weight excluding hydrogens is 234 g/mol. The number of nitrogen functional groups attached to an aromatic ring is 1. The predicted octanol–water partition coefficient (Wildman–Crippen LogP) is 3.11. The molecule has 2 N–H and O–H groups in total. The van der Waals surface area contributed by atoms with Crippen LogP contribution in [0.2, 0.25) is 0 Å². The van der Waals surface area contributed by atoms with Gasteiger partial charge in [-0.2, -0.15) is 0 Å². The van der Waals surface area contributed by atoms with Crippen molar-refractivity contribution in [3.8, 4) is 0 Å². The summed E-state index contributed by atoms with van der Waals surface area (Å²) in [6, 6.07) is 6.63. The smallest absolute Gasteiger partial charge is 0.0601 e. The van der Waals surface area contributed by atoms with Crippen LogP contribution in [0.3, 0.4) is 0 Å². The van der Waals surface area contributed by atoms with E-state index in [0.717, 1.165) is 24.7 Å². The van der Waals surface area contributed by atoms with Crippen LogP contribution in [-0.4, -0.2) is 26.2 Å². The van der Waals surface area contributed by atoms with E-state index in [-0.39, 0.29) is 0 Å². The van der Waals surface area contributed by atoms with E-state index in [1.807, 2.05) is 0 Å². The second-order valence-corrected chi connectivity index (χ2v) is 6.11. The normalized spacial score (nSPS) is 21.1. The zero-order valence-corrected chi connectivity index (χ0v) is 11.9. The second kappa shape index (κ2) is 5.32. The molecule has 104 valence electrons. The molecule has 0 bridgehead atoms. The van der Waals surface area contributed by atoms with E-state index in [9.17, 15) is 0 Å². The number of nitrogens with two attached hydrogens (primary N) is 1. The number of benzene rings is 1. The Hall–Kier alpha value is -1.38. The minimum atomic E-state index is 0.862. The van der Waals surface area contributed by atoms with Crippen LogP contribution in [0, 0.1) is 5.92 Å². The molecule has 19 heavy (non-hydrogen) atoms. The first kappa shape index (κ1) is 12.6. The molecule has 0 spiro atoms. The maximum absolute atomic E-state index is 6.29. The van der Waals surface area contributed by atoms with Gasteiger partial charge in [-0.1, -0.05) is 6.92 Å². The molecule has 2 heterocycles. The van der Waals surface area contributed by atoms with Crippen molar-refractivity contribution in [1.29, 1.82) is 0 Å². The molecule has 0 radical (unpaired) electrons. The van der Waals surface area contributed by atoms with E-state index in [4.69, 9.17) is 5.73 Å². The fourth-order valence-corrected chi connectivity index (χ4v) is 3.25. The summed E-state index contributed by atoms with van der Waals surface area (Å²) in [6.45, 7) is 7.00. The quantitative estimate of drug-likeness (QED) is 0.828. The third-order valence-corrected chi connectivity index (χ3v) is 4.61. The number of hydrogen-bond acceptors (Lipinski definition) is 3. The van der Waals surface area contributed by atoms with Gasteiger partial charge >= 0.3 is 0 Å². The van der Waals surface area contributed by atoms with Gasteiger partial charge in [0.2, 0.25) is 0 Å². The van der Waals surface area contributed by atoms with Crippen LogP contribution in [0.25, 0.3) is 0 Å². The average molecular weight is 259 g/mol.